The summed E-state index contributed by atoms with van der Waals surface area (Å²) >= 11 is 0. The van der Waals surface area contributed by atoms with Crippen molar-refractivity contribution in [2.45, 2.75) is 13.0 Å². The molecule has 2 rings (SSSR count). The number of rotatable bonds is 6. The van der Waals surface area contributed by atoms with Crippen molar-refractivity contribution in [3.8, 4) is 0 Å². The molecular formula is C17H16N2O6. The normalized spacial score (nSPS) is 9.96. The molecule has 0 saturated heterocycles. The van der Waals surface area contributed by atoms with Gasteiger partial charge in [-0.1, -0.05) is 12.1 Å². The van der Waals surface area contributed by atoms with Crippen LogP contribution < -0.4 is 5.32 Å². The maximum atomic E-state index is 11.8. The van der Waals surface area contributed by atoms with E-state index in [1.165, 1.54) is 31.4 Å². The number of non-ortho nitro benzene ring substituents is 1. The van der Waals surface area contributed by atoms with Gasteiger partial charge in [0.1, 0.15) is 6.61 Å². The second-order valence-corrected chi connectivity index (χ2v) is 5.07. The first kappa shape index (κ1) is 17.9. The van der Waals surface area contributed by atoms with E-state index in [1.807, 2.05) is 0 Å². The molecule has 0 heterocycles. The summed E-state index contributed by atoms with van der Waals surface area (Å²) in [4.78, 5) is 33.0. The number of nitro groups is 1. The zero-order valence-electron chi connectivity index (χ0n) is 13.4. The minimum atomic E-state index is -0.654. The summed E-state index contributed by atoms with van der Waals surface area (Å²) in [5.41, 5.74) is 1.88. The molecule has 2 aromatic rings. The Balaban J connectivity index is 1.83. The van der Waals surface area contributed by atoms with Crippen LogP contribution in [0.5, 0.6) is 0 Å². The van der Waals surface area contributed by atoms with Crippen LogP contribution in [0.2, 0.25) is 0 Å². The van der Waals surface area contributed by atoms with Crippen molar-refractivity contribution in [1.29, 1.82) is 0 Å². The standard InChI is InChI=1S/C17H16N2O6/c1-24-16(20)10-12-2-6-14(7-3-12)18-17(21)25-11-13-4-8-15(9-5-13)19(22)23/h2-9H,10-11H2,1H3,(H,18,21). The van der Waals surface area contributed by atoms with Gasteiger partial charge in [0.15, 0.2) is 0 Å². The lowest BCUT2D eigenvalue weighted by Gasteiger charge is -2.08. The Hall–Kier alpha value is -3.42. The molecule has 0 saturated carbocycles. The number of ether oxygens (including phenoxy) is 2. The predicted molar refractivity (Wildman–Crippen MR) is 89.1 cm³/mol. The van der Waals surface area contributed by atoms with Gasteiger partial charge in [-0.2, -0.15) is 0 Å². The highest BCUT2D eigenvalue weighted by atomic mass is 16.6. The Kier molecular flexibility index (Phi) is 6.05. The van der Waals surface area contributed by atoms with Crippen LogP contribution >= 0.6 is 0 Å². The zero-order valence-corrected chi connectivity index (χ0v) is 13.4. The molecule has 0 aliphatic carbocycles. The van der Waals surface area contributed by atoms with Crippen LogP contribution in [0.4, 0.5) is 16.2 Å². The minimum Gasteiger partial charge on any atom is -0.469 e. The SMILES string of the molecule is COC(=O)Cc1ccc(NC(=O)OCc2ccc([N+](=O)[O-])cc2)cc1. The van der Waals surface area contributed by atoms with Crippen LogP contribution in [0, 0.1) is 10.1 Å². The summed E-state index contributed by atoms with van der Waals surface area (Å²) in [5, 5.41) is 13.1. The van der Waals surface area contributed by atoms with Crippen LogP contribution in [-0.2, 0) is 27.3 Å². The molecule has 0 unspecified atom stereocenters. The van der Waals surface area contributed by atoms with Crippen molar-refractivity contribution in [1.82, 2.24) is 0 Å². The number of nitro benzene ring substituents is 1. The maximum Gasteiger partial charge on any atom is 0.411 e. The van der Waals surface area contributed by atoms with Gasteiger partial charge in [-0.3, -0.25) is 20.2 Å². The maximum absolute atomic E-state index is 11.8. The van der Waals surface area contributed by atoms with Crippen molar-refractivity contribution in [2.24, 2.45) is 0 Å². The number of hydrogen-bond donors (Lipinski definition) is 1. The summed E-state index contributed by atoms with van der Waals surface area (Å²) in [5.74, 6) is -0.344. The molecule has 0 aromatic heterocycles. The summed E-state index contributed by atoms with van der Waals surface area (Å²) < 4.78 is 9.63. The fourth-order valence-electron chi connectivity index (χ4n) is 1.96. The minimum absolute atomic E-state index is 0.00967. The van der Waals surface area contributed by atoms with Crippen LogP contribution in [-0.4, -0.2) is 24.1 Å². The number of carbonyl (C=O) groups excluding carboxylic acids is 2. The lowest BCUT2D eigenvalue weighted by molar-refractivity contribution is -0.384. The van der Waals surface area contributed by atoms with Crippen LogP contribution in [0.15, 0.2) is 48.5 Å². The molecule has 25 heavy (non-hydrogen) atoms. The number of esters is 1. The summed E-state index contributed by atoms with van der Waals surface area (Å²) in [7, 11) is 1.32. The van der Waals surface area contributed by atoms with Gasteiger partial charge in [0, 0.05) is 17.8 Å². The van der Waals surface area contributed by atoms with Gasteiger partial charge >= 0.3 is 12.1 Å². The Morgan fingerprint density at radius 3 is 2.20 bits per heavy atom. The largest absolute Gasteiger partial charge is 0.469 e. The first-order valence-corrected chi connectivity index (χ1v) is 7.31. The van der Waals surface area contributed by atoms with Crippen LogP contribution in [0.1, 0.15) is 11.1 Å². The highest BCUT2D eigenvalue weighted by Gasteiger charge is 2.07. The Morgan fingerprint density at radius 2 is 1.64 bits per heavy atom. The highest BCUT2D eigenvalue weighted by molar-refractivity contribution is 5.84. The highest BCUT2D eigenvalue weighted by Crippen LogP contribution is 2.14. The average molecular weight is 344 g/mol. The summed E-state index contributed by atoms with van der Waals surface area (Å²) in [6, 6.07) is 12.4. The smallest absolute Gasteiger partial charge is 0.411 e. The van der Waals surface area contributed by atoms with E-state index >= 15 is 0 Å². The molecule has 2 aromatic carbocycles. The number of benzene rings is 2. The Bertz CT molecular complexity index is 756. The number of nitrogens with zero attached hydrogens (tertiary/aromatic N) is 1. The molecule has 0 bridgehead atoms. The second kappa shape index (κ2) is 8.44. The van der Waals surface area contributed by atoms with E-state index in [9.17, 15) is 19.7 Å². The van der Waals surface area contributed by atoms with Crippen molar-refractivity contribution in [3.63, 3.8) is 0 Å². The van der Waals surface area contributed by atoms with Crippen molar-refractivity contribution in [3.05, 3.63) is 69.8 Å². The third kappa shape index (κ3) is 5.61. The molecule has 0 radical (unpaired) electrons. The summed E-state index contributed by atoms with van der Waals surface area (Å²) in [6.45, 7) is -0.00967. The van der Waals surface area contributed by atoms with Crippen LogP contribution in [0.3, 0.4) is 0 Å². The first-order valence-electron chi connectivity index (χ1n) is 7.31. The van der Waals surface area contributed by atoms with E-state index in [0.29, 0.717) is 11.3 Å². The van der Waals surface area contributed by atoms with Gasteiger partial charge in [-0.05, 0) is 35.4 Å². The molecule has 0 atom stereocenters. The Morgan fingerprint density at radius 1 is 1.04 bits per heavy atom. The molecule has 8 nitrogen and oxygen atoms in total. The van der Waals surface area contributed by atoms with Gasteiger partial charge in [0.05, 0.1) is 18.5 Å². The predicted octanol–water partition coefficient (Wildman–Crippen LogP) is 3.06. The van der Waals surface area contributed by atoms with E-state index in [4.69, 9.17) is 4.74 Å². The summed E-state index contributed by atoms with van der Waals surface area (Å²) in [6.07, 6.45) is -0.500. The molecule has 130 valence electrons. The number of carbonyl (C=O) groups is 2. The van der Waals surface area contributed by atoms with Crippen LogP contribution in [0.25, 0.3) is 0 Å². The van der Waals surface area contributed by atoms with Gasteiger partial charge < -0.3 is 9.47 Å². The van der Waals surface area contributed by atoms with Gasteiger partial charge in [0.2, 0.25) is 0 Å². The number of nitrogens with one attached hydrogen (secondary N) is 1. The number of hydrogen-bond acceptors (Lipinski definition) is 6. The average Bonchev–Trinajstić information content (AvgIpc) is 2.62. The van der Waals surface area contributed by atoms with E-state index in [1.54, 1.807) is 24.3 Å². The molecule has 8 heteroatoms. The molecule has 0 aliphatic heterocycles. The van der Waals surface area contributed by atoms with Gasteiger partial charge in [-0.25, -0.2) is 4.79 Å². The molecule has 1 amide bonds. The van der Waals surface area contributed by atoms with Gasteiger partial charge in [0.25, 0.3) is 5.69 Å². The fraction of sp³-hybridized carbons (Fsp3) is 0.176. The first-order chi connectivity index (χ1) is 12.0. The molecular weight excluding hydrogens is 328 g/mol. The van der Waals surface area contributed by atoms with Crippen molar-refractivity contribution >= 4 is 23.4 Å². The third-order valence-corrected chi connectivity index (χ3v) is 3.29. The third-order valence-electron chi connectivity index (χ3n) is 3.29. The monoisotopic (exact) mass is 344 g/mol. The molecule has 0 spiro atoms. The Labute approximate surface area is 143 Å². The molecule has 1 N–H and O–H groups in total. The molecule has 0 fully saturated rings. The van der Waals surface area contributed by atoms with E-state index < -0.39 is 11.0 Å². The number of methoxy groups -OCH3 is 1. The second-order valence-electron chi connectivity index (χ2n) is 5.07. The number of amides is 1. The fourth-order valence-corrected chi connectivity index (χ4v) is 1.96. The topological polar surface area (TPSA) is 108 Å². The lowest BCUT2D eigenvalue weighted by atomic mass is 10.1. The number of anilines is 1. The zero-order chi connectivity index (χ0) is 18.2. The van der Waals surface area contributed by atoms with E-state index in [2.05, 4.69) is 10.1 Å². The lowest BCUT2D eigenvalue weighted by Crippen LogP contribution is -2.13. The van der Waals surface area contributed by atoms with Crippen molar-refractivity contribution in [2.75, 3.05) is 12.4 Å². The van der Waals surface area contributed by atoms with Gasteiger partial charge in [-0.15, -0.1) is 0 Å². The van der Waals surface area contributed by atoms with Crippen molar-refractivity contribution < 1.29 is 24.0 Å². The quantitative estimate of drug-likeness (QED) is 0.490. The van der Waals surface area contributed by atoms with E-state index in [0.717, 1.165) is 5.56 Å². The molecule has 0 aliphatic rings. The van der Waals surface area contributed by atoms with E-state index in [-0.39, 0.29) is 24.7 Å².